The van der Waals surface area contributed by atoms with Crippen molar-refractivity contribution >= 4 is 46.4 Å². The summed E-state index contributed by atoms with van der Waals surface area (Å²) in [7, 11) is 20.0. The fourth-order valence-electron chi connectivity index (χ4n) is 11.7. The number of nitrogens with one attached hydrogen (secondary N) is 2. The molecular weight excluding hydrogens is 1090 g/mol. The van der Waals surface area contributed by atoms with Gasteiger partial charge in [-0.05, 0) is 133 Å². The molecule has 0 aliphatic carbocycles. The lowest BCUT2D eigenvalue weighted by Gasteiger charge is -2.25. The van der Waals surface area contributed by atoms with Gasteiger partial charge in [-0.2, -0.15) is 0 Å². The number of fused-ring (bicyclic) bond motifs is 8. The van der Waals surface area contributed by atoms with Crippen LogP contribution in [0.15, 0.2) is 121 Å². The van der Waals surface area contributed by atoms with E-state index >= 15 is 0 Å². The van der Waals surface area contributed by atoms with E-state index < -0.39 is 0 Å². The van der Waals surface area contributed by atoms with Crippen molar-refractivity contribution in [2.45, 2.75) is 116 Å². The molecule has 1 unspecified atom stereocenters. The number of ether oxygens (including phenoxy) is 4. The van der Waals surface area contributed by atoms with Gasteiger partial charge in [0.05, 0.1) is 126 Å². The Labute approximate surface area is 526 Å². The molecule has 2 aliphatic heterocycles. The molecule has 11 nitrogen and oxygen atoms in total. The van der Waals surface area contributed by atoms with E-state index in [2.05, 4.69) is 233 Å². The second-order valence-electron chi connectivity index (χ2n) is 27.5. The van der Waals surface area contributed by atoms with Crippen molar-refractivity contribution in [1.29, 1.82) is 0 Å². The van der Waals surface area contributed by atoms with Crippen molar-refractivity contribution in [2.75, 3.05) is 103 Å². The van der Waals surface area contributed by atoms with Gasteiger partial charge >= 0.3 is 0 Å². The normalized spacial score (nSPS) is 12.9. The Bertz CT molecular complexity index is 3510. The molecule has 2 aliphatic rings. The van der Waals surface area contributed by atoms with E-state index in [4.69, 9.17) is 28.9 Å². The quantitative estimate of drug-likeness (QED) is 0.0314. The molecule has 3 aromatic heterocycles. The summed E-state index contributed by atoms with van der Waals surface area (Å²) in [6.07, 6.45) is 27.4. The van der Waals surface area contributed by atoms with Crippen LogP contribution in [0.5, 0.6) is 23.0 Å². The molecule has 11 heteroatoms. The summed E-state index contributed by atoms with van der Waals surface area (Å²) in [6, 6.07) is 42.8. The number of H-pyrrole nitrogens is 2. The highest BCUT2D eigenvalue weighted by Gasteiger charge is 2.21. The Morgan fingerprint density at radius 1 is 0.341 bits per heavy atom. The number of benzene rings is 4. The fourth-order valence-corrected chi connectivity index (χ4v) is 11.7. The van der Waals surface area contributed by atoms with Crippen LogP contribution in [0.2, 0.25) is 0 Å². The van der Waals surface area contributed by atoms with Crippen molar-refractivity contribution < 1.29 is 32.4 Å². The average Bonchev–Trinajstić information content (AvgIpc) is 2.34. The first-order chi connectivity index (χ1) is 42.4. The minimum Gasteiger partial charge on any atom is -0.494 e. The van der Waals surface area contributed by atoms with E-state index in [1.807, 2.05) is 0 Å². The first-order valence-electron chi connectivity index (χ1n) is 32.9. The molecule has 0 amide bonds. The molecule has 0 saturated heterocycles. The molecule has 0 radical (unpaired) electrons. The van der Waals surface area contributed by atoms with Crippen LogP contribution in [0.3, 0.4) is 0 Å². The van der Waals surface area contributed by atoms with Crippen molar-refractivity contribution in [3.05, 3.63) is 144 Å². The summed E-state index contributed by atoms with van der Waals surface area (Å²) < 4.78 is 28.3. The minimum absolute atomic E-state index is 0.0693. The summed E-state index contributed by atoms with van der Waals surface area (Å²) in [5.74, 6) is 3.40. The topological polar surface area (TPSA) is 94.3 Å². The minimum atomic E-state index is 0.0693. The van der Waals surface area contributed by atoms with Crippen LogP contribution >= 0.6 is 0 Å². The lowest BCUT2D eigenvalue weighted by atomic mass is 10.0. The molecular formula is C77H102N7O4+3. The van der Waals surface area contributed by atoms with Crippen LogP contribution in [0, 0.1) is 0 Å². The number of rotatable bonds is 33. The third-order valence-electron chi connectivity index (χ3n) is 16.6. The molecule has 2 N–H and O–H groups in total. The van der Waals surface area contributed by atoms with Crippen molar-refractivity contribution in [2.24, 2.45) is 0 Å². The highest BCUT2D eigenvalue weighted by atomic mass is 16.5. The fraction of sp³-hybridized carbons (Fsp3) is 0.429. The molecule has 466 valence electrons. The molecule has 9 rings (SSSR count). The Hall–Kier alpha value is -7.44. The predicted octanol–water partition coefficient (Wildman–Crippen LogP) is 18.2. The number of aromatic nitrogens is 4. The van der Waals surface area contributed by atoms with Crippen LogP contribution in [0.25, 0.3) is 90.9 Å². The third kappa shape index (κ3) is 19.0. The maximum absolute atomic E-state index is 6.52. The molecule has 1 atom stereocenters. The van der Waals surface area contributed by atoms with Crippen LogP contribution in [-0.4, -0.2) is 142 Å². The van der Waals surface area contributed by atoms with E-state index in [1.54, 1.807) is 0 Å². The summed E-state index contributed by atoms with van der Waals surface area (Å²) in [5.41, 5.74) is 15.1. The number of aromatic amines is 2. The summed E-state index contributed by atoms with van der Waals surface area (Å²) >= 11 is 0. The first kappa shape index (κ1) is 65.0. The van der Waals surface area contributed by atoms with E-state index in [-0.39, 0.29) is 6.10 Å². The van der Waals surface area contributed by atoms with Gasteiger partial charge in [0.25, 0.3) is 0 Å². The van der Waals surface area contributed by atoms with Gasteiger partial charge in [0.1, 0.15) is 29.1 Å². The number of hydrogen-bond donors (Lipinski definition) is 2. The average molecular weight is 1190 g/mol. The maximum Gasteiger partial charge on any atom is 0.119 e. The van der Waals surface area contributed by atoms with Crippen LogP contribution < -0.4 is 18.9 Å². The highest BCUT2D eigenvalue weighted by Crippen LogP contribution is 2.40. The molecule has 4 aromatic carbocycles. The van der Waals surface area contributed by atoms with Crippen LogP contribution in [-0.2, 0) is 0 Å². The van der Waals surface area contributed by atoms with Crippen molar-refractivity contribution in [3.63, 3.8) is 0 Å². The second kappa shape index (κ2) is 30.7. The van der Waals surface area contributed by atoms with Crippen molar-refractivity contribution in [3.8, 4) is 67.5 Å². The number of unbranched alkanes of at least 4 members (excludes halogenated alkanes) is 11. The van der Waals surface area contributed by atoms with E-state index in [0.717, 1.165) is 171 Å². The first-order valence-corrected chi connectivity index (χ1v) is 32.9. The Balaban J connectivity index is 1.13. The van der Waals surface area contributed by atoms with Gasteiger partial charge in [-0.25, -0.2) is 9.97 Å². The Kier molecular flexibility index (Phi) is 22.6. The largest absolute Gasteiger partial charge is 0.494 e. The predicted molar refractivity (Wildman–Crippen MR) is 371 cm³/mol. The van der Waals surface area contributed by atoms with Gasteiger partial charge < -0.3 is 42.4 Å². The summed E-state index contributed by atoms with van der Waals surface area (Å²) in [5, 5.41) is 0. The molecule has 7 aromatic rings. The maximum atomic E-state index is 6.52. The van der Waals surface area contributed by atoms with E-state index in [1.165, 1.54) is 70.6 Å². The smallest absolute Gasteiger partial charge is 0.119 e. The van der Waals surface area contributed by atoms with Gasteiger partial charge in [0, 0.05) is 63.6 Å². The zero-order valence-corrected chi connectivity index (χ0v) is 55.2. The summed E-state index contributed by atoms with van der Waals surface area (Å²) in [4.78, 5) is 19.1. The SMILES string of the molecule is CCCCCCCCCCCCCCOc1ccc(-c2c3nc(c(-c4ccc(OCCC[N+](C)(C)C)cc4)c4ccc([nH]4)c(-c4ccc(OC(C)CC[N+](C)(C)C)cc4)c4nc(c(-c5ccc(OCCC[N+](C)(C)C)cc5)c5ccc2[nH]5)C=C4)C=C3)cc1. The second-order valence-corrected chi connectivity index (χ2v) is 27.5. The Morgan fingerprint density at radius 2 is 0.625 bits per heavy atom. The number of nitrogens with zero attached hydrogens (tertiary/aromatic N) is 5. The molecule has 88 heavy (non-hydrogen) atoms. The zero-order valence-electron chi connectivity index (χ0n) is 55.2. The lowest BCUT2D eigenvalue weighted by molar-refractivity contribution is -0.870. The molecule has 8 bridgehead atoms. The zero-order chi connectivity index (χ0) is 62.1. The molecule has 0 spiro atoms. The van der Waals surface area contributed by atoms with E-state index in [9.17, 15) is 0 Å². The van der Waals surface area contributed by atoms with Gasteiger partial charge in [0.15, 0.2) is 0 Å². The monoisotopic (exact) mass is 1190 g/mol. The van der Waals surface area contributed by atoms with Crippen molar-refractivity contribution in [1.82, 2.24) is 19.9 Å². The Morgan fingerprint density at radius 3 is 0.932 bits per heavy atom. The molecule has 0 saturated carbocycles. The molecule has 0 fully saturated rings. The van der Waals surface area contributed by atoms with Gasteiger partial charge in [0.2, 0.25) is 0 Å². The number of quaternary nitrogens is 3. The molecule has 5 heterocycles. The summed E-state index contributed by atoms with van der Waals surface area (Å²) in [6.45, 7) is 9.55. The highest BCUT2D eigenvalue weighted by molar-refractivity contribution is 6.00. The van der Waals surface area contributed by atoms with Gasteiger partial charge in [-0.15, -0.1) is 0 Å². The van der Waals surface area contributed by atoms with Crippen LogP contribution in [0.1, 0.15) is 133 Å². The standard InChI is InChI=1S/C77H102N7O4/c1-12-13-14-15-16-17-18-19-20-21-22-23-54-85-62-34-26-58(27-35-62)74-66-42-44-68(78-66)75(59-28-36-63(37-29-59)86-55-24-51-82(3,4)5)70-46-48-72(80-70)77(61-32-40-65(41-33-61)88-57(2)50-53-84(9,10)11)73-49-47-71(81-73)76(69-45-43-67(74)79-69)60-30-38-64(39-31-60)87-56-25-52-83(6,7)8/h26-49,57,78,81H,12-25,50-56H2,1-11H3/q+3. The lowest BCUT2D eigenvalue weighted by Crippen LogP contribution is -2.37. The van der Waals surface area contributed by atoms with E-state index in [0.29, 0.717) is 19.8 Å². The number of hydrogen-bond acceptors (Lipinski definition) is 6. The van der Waals surface area contributed by atoms with Gasteiger partial charge in [-0.3, -0.25) is 0 Å². The van der Waals surface area contributed by atoms with Crippen LogP contribution in [0.4, 0.5) is 0 Å². The van der Waals surface area contributed by atoms with Gasteiger partial charge in [-0.1, -0.05) is 126 Å². The third-order valence-corrected chi connectivity index (χ3v) is 16.6.